The number of methoxy groups -OCH3 is 1. The van der Waals surface area contributed by atoms with Gasteiger partial charge in [0.15, 0.2) is 5.13 Å². The van der Waals surface area contributed by atoms with Gasteiger partial charge >= 0.3 is 12.0 Å². The zero-order valence-corrected chi connectivity index (χ0v) is 14.0. The van der Waals surface area contributed by atoms with E-state index in [2.05, 4.69) is 20.6 Å². The summed E-state index contributed by atoms with van der Waals surface area (Å²) in [6.07, 6.45) is 1.75. The number of thiazole rings is 1. The Kier molecular flexibility index (Phi) is 4.48. The molecule has 3 N–H and O–H groups in total. The van der Waals surface area contributed by atoms with Crippen LogP contribution >= 0.6 is 11.3 Å². The van der Waals surface area contributed by atoms with Gasteiger partial charge in [0.2, 0.25) is 0 Å². The number of rotatable bonds is 4. The minimum Gasteiger partial charge on any atom is -0.464 e. The highest BCUT2D eigenvalue weighted by Crippen LogP contribution is 2.30. The fraction of sp³-hybridized carbons (Fsp3) is 0.188. The van der Waals surface area contributed by atoms with E-state index in [1.807, 2.05) is 25.1 Å². The van der Waals surface area contributed by atoms with Crippen molar-refractivity contribution < 1.29 is 14.3 Å². The molecular weight excluding hydrogens is 328 g/mol. The van der Waals surface area contributed by atoms with Crippen LogP contribution in [0.25, 0.3) is 21.3 Å². The average molecular weight is 344 g/mol. The number of benzene rings is 1. The predicted molar refractivity (Wildman–Crippen MR) is 93.4 cm³/mol. The Hall–Kier alpha value is -2.87. The molecule has 0 saturated heterocycles. The third-order valence-corrected chi connectivity index (χ3v) is 4.30. The number of aromatic amines is 1. The maximum absolute atomic E-state index is 11.6. The smallest absolute Gasteiger partial charge is 0.354 e. The van der Waals surface area contributed by atoms with Crippen molar-refractivity contribution in [1.82, 2.24) is 15.3 Å². The lowest BCUT2D eigenvalue weighted by atomic mass is 10.1. The van der Waals surface area contributed by atoms with Crippen molar-refractivity contribution in [1.29, 1.82) is 0 Å². The third-order valence-electron chi connectivity index (χ3n) is 3.37. The van der Waals surface area contributed by atoms with Gasteiger partial charge in [-0.1, -0.05) is 17.4 Å². The van der Waals surface area contributed by atoms with Gasteiger partial charge < -0.3 is 15.0 Å². The van der Waals surface area contributed by atoms with Crippen LogP contribution in [0, 0.1) is 0 Å². The number of carbonyl (C=O) groups excluding carboxylic acids is 2. The second-order valence-electron chi connectivity index (χ2n) is 4.98. The highest BCUT2D eigenvalue weighted by Gasteiger charge is 2.11. The van der Waals surface area contributed by atoms with Crippen LogP contribution in [0.5, 0.6) is 0 Å². The van der Waals surface area contributed by atoms with Gasteiger partial charge in [0.05, 0.1) is 17.3 Å². The lowest BCUT2D eigenvalue weighted by Gasteiger charge is -2.00. The van der Waals surface area contributed by atoms with Crippen molar-refractivity contribution in [3.63, 3.8) is 0 Å². The summed E-state index contributed by atoms with van der Waals surface area (Å²) in [7, 11) is 1.34. The number of nitrogens with zero attached hydrogens (tertiary/aromatic N) is 1. The number of ether oxygens (including phenoxy) is 1. The van der Waals surface area contributed by atoms with E-state index < -0.39 is 5.97 Å². The first-order chi connectivity index (χ1) is 11.6. The molecule has 1 aromatic carbocycles. The molecular formula is C16H16N4O3S. The number of hydrogen-bond donors (Lipinski definition) is 3. The summed E-state index contributed by atoms with van der Waals surface area (Å²) in [4.78, 5) is 30.4. The Morgan fingerprint density at radius 3 is 2.88 bits per heavy atom. The molecule has 3 aromatic rings. The van der Waals surface area contributed by atoms with Gasteiger partial charge in [-0.25, -0.2) is 14.6 Å². The first kappa shape index (κ1) is 16.0. The molecule has 0 atom stereocenters. The molecule has 0 bridgehead atoms. The van der Waals surface area contributed by atoms with Crippen molar-refractivity contribution in [2.24, 2.45) is 0 Å². The molecule has 7 nitrogen and oxygen atoms in total. The molecule has 8 heteroatoms. The number of carbonyl (C=O) groups is 2. The Bertz CT molecular complexity index is 900. The number of urea groups is 1. The van der Waals surface area contributed by atoms with Crippen molar-refractivity contribution in [2.75, 3.05) is 19.0 Å². The van der Waals surface area contributed by atoms with Crippen molar-refractivity contribution in [3.05, 3.63) is 36.2 Å². The van der Waals surface area contributed by atoms with E-state index in [-0.39, 0.29) is 6.03 Å². The summed E-state index contributed by atoms with van der Waals surface area (Å²) < 4.78 is 5.64. The van der Waals surface area contributed by atoms with Gasteiger partial charge in [0, 0.05) is 18.3 Å². The number of amides is 2. The van der Waals surface area contributed by atoms with Gasteiger partial charge in [-0.05, 0) is 30.7 Å². The minimum atomic E-state index is -0.409. The highest BCUT2D eigenvalue weighted by atomic mass is 32.1. The quantitative estimate of drug-likeness (QED) is 0.633. The van der Waals surface area contributed by atoms with Crippen LogP contribution in [0.3, 0.4) is 0 Å². The first-order valence-corrected chi connectivity index (χ1v) is 8.15. The second-order valence-corrected chi connectivity index (χ2v) is 6.01. The number of H-pyrrole nitrogens is 1. The van der Waals surface area contributed by atoms with Crippen LogP contribution in [0.1, 0.15) is 17.4 Å². The van der Waals surface area contributed by atoms with Crippen LogP contribution in [0.15, 0.2) is 30.5 Å². The second kappa shape index (κ2) is 6.71. The fourth-order valence-electron chi connectivity index (χ4n) is 2.25. The van der Waals surface area contributed by atoms with E-state index in [0.717, 1.165) is 21.3 Å². The molecule has 0 fully saturated rings. The summed E-state index contributed by atoms with van der Waals surface area (Å²) >= 11 is 1.39. The molecule has 0 unspecified atom stereocenters. The zero-order chi connectivity index (χ0) is 17.1. The molecule has 2 aromatic heterocycles. The molecule has 2 heterocycles. The molecule has 3 rings (SSSR count). The van der Waals surface area contributed by atoms with Gasteiger partial charge in [0.25, 0.3) is 0 Å². The number of nitrogens with one attached hydrogen (secondary N) is 3. The average Bonchev–Trinajstić information content (AvgIpc) is 3.19. The van der Waals surface area contributed by atoms with Crippen molar-refractivity contribution in [3.8, 4) is 11.1 Å². The van der Waals surface area contributed by atoms with Crippen LogP contribution in [-0.2, 0) is 4.74 Å². The minimum absolute atomic E-state index is 0.273. The van der Waals surface area contributed by atoms with Crippen LogP contribution in [-0.4, -0.2) is 35.6 Å². The predicted octanol–water partition coefficient (Wildman–Crippen LogP) is 3.22. The van der Waals surface area contributed by atoms with E-state index in [1.54, 1.807) is 12.3 Å². The maximum atomic E-state index is 11.6. The lowest BCUT2D eigenvalue weighted by Crippen LogP contribution is -2.28. The Morgan fingerprint density at radius 1 is 1.29 bits per heavy atom. The SMILES string of the molecule is CCNC(=O)Nc1nc2ccc(-c3c[nH]c(C(=O)OC)c3)cc2s1. The van der Waals surface area contributed by atoms with Crippen LogP contribution in [0.4, 0.5) is 9.93 Å². The molecule has 2 amide bonds. The fourth-order valence-corrected chi connectivity index (χ4v) is 3.15. The number of esters is 1. The van der Waals surface area contributed by atoms with Gasteiger partial charge in [-0.2, -0.15) is 0 Å². The first-order valence-electron chi connectivity index (χ1n) is 7.33. The summed E-state index contributed by atoms with van der Waals surface area (Å²) in [5, 5.41) is 5.91. The molecule has 0 aliphatic rings. The van der Waals surface area contributed by atoms with E-state index in [0.29, 0.717) is 17.4 Å². The molecule has 0 saturated carbocycles. The lowest BCUT2D eigenvalue weighted by molar-refractivity contribution is 0.0595. The van der Waals surface area contributed by atoms with Crippen molar-refractivity contribution in [2.45, 2.75) is 6.92 Å². The van der Waals surface area contributed by atoms with E-state index in [4.69, 9.17) is 4.74 Å². The van der Waals surface area contributed by atoms with E-state index in [9.17, 15) is 9.59 Å². The molecule has 24 heavy (non-hydrogen) atoms. The third kappa shape index (κ3) is 3.23. The monoisotopic (exact) mass is 344 g/mol. The van der Waals surface area contributed by atoms with E-state index in [1.165, 1.54) is 18.4 Å². The number of aromatic nitrogens is 2. The van der Waals surface area contributed by atoms with Crippen LogP contribution < -0.4 is 10.6 Å². The van der Waals surface area contributed by atoms with Gasteiger partial charge in [0.1, 0.15) is 5.69 Å². The summed E-state index contributed by atoms with van der Waals surface area (Å²) in [5.74, 6) is -0.409. The normalized spacial score (nSPS) is 10.6. The zero-order valence-electron chi connectivity index (χ0n) is 13.2. The van der Waals surface area contributed by atoms with E-state index >= 15 is 0 Å². The van der Waals surface area contributed by atoms with Crippen molar-refractivity contribution >= 4 is 38.7 Å². The molecule has 0 spiro atoms. The van der Waals surface area contributed by atoms with Crippen LogP contribution in [0.2, 0.25) is 0 Å². The summed E-state index contributed by atoms with van der Waals surface area (Å²) in [6.45, 7) is 2.40. The van der Waals surface area contributed by atoms with Gasteiger partial charge in [-0.3, -0.25) is 5.32 Å². The molecule has 0 radical (unpaired) electrons. The summed E-state index contributed by atoms with van der Waals surface area (Å²) in [6, 6.07) is 7.24. The standard InChI is InChI=1S/C16H16N4O3S/c1-3-17-15(22)20-16-19-11-5-4-9(7-13(11)24-16)10-6-12(18-8-10)14(21)23-2/h4-8,18H,3H2,1-2H3,(H2,17,19,20,22). The Labute approximate surface area is 142 Å². The Morgan fingerprint density at radius 2 is 2.12 bits per heavy atom. The Balaban J connectivity index is 1.87. The largest absolute Gasteiger partial charge is 0.464 e. The number of hydrogen-bond acceptors (Lipinski definition) is 5. The molecule has 124 valence electrons. The highest BCUT2D eigenvalue weighted by molar-refractivity contribution is 7.22. The topological polar surface area (TPSA) is 96.1 Å². The maximum Gasteiger partial charge on any atom is 0.354 e. The summed E-state index contributed by atoms with van der Waals surface area (Å²) in [5.41, 5.74) is 3.03. The molecule has 0 aliphatic heterocycles. The number of anilines is 1. The number of fused-ring (bicyclic) bond motifs is 1. The van der Waals surface area contributed by atoms with Gasteiger partial charge in [-0.15, -0.1) is 0 Å². The molecule has 0 aliphatic carbocycles.